The van der Waals surface area contributed by atoms with E-state index >= 15 is 0 Å². The summed E-state index contributed by atoms with van der Waals surface area (Å²) in [5.74, 6) is 0.875. The van der Waals surface area contributed by atoms with Gasteiger partial charge >= 0.3 is 0 Å². The van der Waals surface area contributed by atoms with Crippen LogP contribution in [0.3, 0.4) is 0 Å². The molecule has 29 heavy (non-hydrogen) atoms. The first-order valence-electron chi connectivity index (χ1n) is 9.50. The van der Waals surface area contributed by atoms with E-state index in [1.807, 2.05) is 36.0 Å². The van der Waals surface area contributed by atoms with Crippen LogP contribution in [0, 0.1) is 6.92 Å². The first-order chi connectivity index (χ1) is 14.1. The summed E-state index contributed by atoms with van der Waals surface area (Å²) in [7, 11) is 0. The molecule has 0 saturated carbocycles. The summed E-state index contributed by atoms with van der Waals surface area (Å²) < 4.78 is 8.66. The summed E-state index contributed by atoms with van der Waals surface area (Å²) in [5, 5.41) is 13.7. The van der Waals surface area contributed by atoms with Gasteiger partial charge in [-0.1, -0.05) is 18.1 Å². The van der Waals surface area contributed by atoms with Crippen LogP contribution in [0.5, 0.6) is 0 Å². The number of H-pyrrole nitrogens is 1. The van der Waals surface area contributed by atoms with Crippen molar-refractivity contribution in [3.63, 3.8) is 0 Å². The van der Waals surface area contributed by atoms with Gasteiger partial charge in [-0.25, -0.2) is 0 Å². The lowest BCUT2D eigenvalue weighted by Gasteiger charge is -2.05. The zero-order valence-electron chi connectivity index (χ0n) is 16.3. The van der Waals surface area contributed by atoms with E-state index in [-0.39, 0.29) is 5.56 Å². The summed E-state index contributed by atoms with van der Waals surface area (Å²) >= 11 is 0. The van der Waals surface area contributed by atoms with Crippen LogP contribution in [-0.4, -0.2) is 34.5 Å². The second-order valence-corrected chi connectivity index (χ2v) is 6.84. The third kappa shape index (κ3) is 2.65. The van der Waals surface area contributed by atoms with Crippen molar-refractivity contribution in [3.05, 3.63) is 52.3 Å². The minimum absolute atomic E-state index is 0.227. The molecule has 5 aromatic rings. The van der Waals surface area contributed by atoms with Crippen LogP contribution >= 0.6 is 0 Å². The fourth-order valence-electron chi connectivity index (χ4n) is 3.62. The molecule has 4 heterocycles. The number of hydrogen-bond donors (Lipinski definition) is 1. The van der Waals surface area contributed by atoms with Crippen molar-refractivity contribution in [1.82, 2.24) is 34.5 Å². The highest BCUT2D eigenvalue weighted by atomic mass is 16.5. The Morgan fingerprint density at radius 2 is 2.07 bits per heavy atom. The highest BCUT2D eigenvalue weighted by Gasteiger charge is 2.21. The molecular formula is C20H19N7O2. The Kier molecular flexibility index (Phi) is 3.83. The Hall–Kier alpha value is -3.75. The summed E-state index contributed by atoms with van der Waals surface area (Å²) in [6, 6.07) is 7.56. The molecular weight excluding hydrogens is 370 g/mol. The Balaban J connectivity index is 1.74. The number of nitrogens with one attached hydrogen (secondary N) is 1. The van der Waals surface area contributed by atoms with Crippen LogP contribution in [0.15, 0.2) is 39.8 Å². The van der Waals surface area contributed by atoms with E-state index in [1.165, 1.54) is 4.52 Å². The van der Waals surface area contributed by atoms with E-state index in [0.717, 1.165) is 28.7 Å². The average molecular weight is 389 g/mol. The van der Waals surface area contributed by atoms with Gasteiger partial charge in [0.25, 0.3) is 11.4 Å². The van der Waals surface area contributed by atoms with Gasteiger partial charge in [0.1, 0.15) is 5.56 Å². The molecule has 0 saturated heterocycles. The van der Waals surface area contributed by atoms with E-state index < -0.39 is 0 Å². The lowest BCUT2D eigenvalue weighted by atomic mass is 10.1. The Morgan fingerprint density at radius 3 is 2.79 bits per heavy atom. The van der Waals surface area contributed by atoms with Gasteiger partial charge < -0.3 is 9.51 Å². The van der Waals surface area contributed by atoms with Gasteiger partial charge in [-0.2, -0.15) is 19.7 Å². The number of aromatic nitrogens is 7. The molecule has 0 amide bonds. The Bertz CT molecular complexity index is 1420. The van der Waals surface area contributed by atoms with Crippen molar-refractivity contribution in [3.8, 4) is 22.7 Å². The number of nitrogens with zero attached hydrogens (tertiary/aromatic N) is 6. The third-order valence-corrected chi connectivity index (χ3v) is 5.02. The molecule has 1 aromatic carbocycles. The lowest BCUT2D eigenvalue weighted by Crippen LogP contribution is -2.14. The molecule has 0 aliphatic heterocycles. The van der Waals surface area contributed by atoms with Crippen molar-refractivity contribution < 1.29 is 4.52 Å². The zero-order chi connectivity index (χ0) is 20.1. The highest BCUT2D eigenvalue weighted by molar-refractivity contribution is 5.84. The van der Waals surface area contributed by atoms with E-state index in [0.29, 0.717) is 35.0 Å². The molecule has 146 valence electrons. The normalized spacial score (nSPS) is 11.7. The van der Waals surface area contributed by atoms with Crippen LogP contribution in [-0.2, 0) is 13.0 Å². The summed E-state index contributed by atoms with van der Waals surface area (Å²) in [6.07, 6.45) is 2.46. The minimum atomic E-state index is -0.227. The van der Waals surface area contributed by atoms with Gasteiger partial charge in [-0.15, -0.1) is 0 Å². The highest BCUT2D eigenvalue weighted by Crippen LogP contribution is 2.28. The van der Waals surface area contributed by atoms with Crippen molar-refractivity contribution in [2.24, 2.45) is 0 Å². The molecule has 1 N–H and O–H groups in total. The number of rotatable bonds is 4. The van der Waals surface area contributed by atoms with Crippen LogP contribution < -0.4 is 5.56 Å². The van der Waals surface area contributed by atoms with Crippen LogP contribution in [0.25, 0.3) is 39.3 Å². The number of hydrogen-bond acceptors (Lipinski definition) is 6. The molecule has 9 heteroatoms. The van der Waals surface area contributed by atoms with Gasteiger partial charge in [0.15, 0.2) is 11.5 Å². The smallest absolute Gasteiger partial charge is 0.274 e. The molecule has 0 atom stereocenters. The number of aromatic amines is 1. The first-order valence-corrected chi connectivity index (χ1v) is 9.50. The molecule has 0 unspecified atom stereocenters. The molecule has 0 radical (unpaired) electrons. The molecule has 0 bridgehead atoms. The monoisotopic (exact) mass is 389 g/mol. The maximum Gasteiger partial charge on any atom is 0.274 e. The van der Waals surface area contributed by atoms with Crippen LogP contribution in [0.4, 0.5) is 0 Å². The van der Waals surface area contributed by atoms with Crippen molar-refractivity contribution in [2.45, 2.75) is 33.7 Å². The summed E-state index contributed by atoms with van der Waals surface area (Å²) in [6.45, 7) is 6.58. The second kappa shape index (κ2) is 6.40. The first kappa shape index (κ1) is 17.4. The van der Waals surface area contributed by atoms with E-state index in [1.54, 1.807) is 13.0 Å². The van der Waals surface area contributed by atoms with Crippen molar-refractivity contribution in [1.29, 1.82) is 0 Å². The SMILES string of the molecule is CCc1nn2c(=O)cc(-c3ccc4c(cnn4CC)c3)[nH]c2c1-c1nc(C)no1. The zero-order valence-corrected chi connectivity index (χ0v) is 16.3. The van der Waals surface area contributed by atoms with Crippen molar-refractivity contribution in [2.75, 3.05) is 0 Å². The molecule has 0 fully saturated rings. The third-order valence-electron chi connectivity index (χ3n) is 5.02. The predicted octanol–water partition coefficient (Wildman–Crippen LogP) is 2.98. The molecule has 4 aromatic heterocycles. The fourth-order valence-corrected chi connectivity index (χ4v) is 3.62. The van der Waals surface area contributed by atoms with Gasteiger partial charge in [-0.05, 0) is 38.0 Å². The minimum Gasteiger partial charge on any atom is -0.339 e. The predicted molar refractivity (Wildman–Crippen MR) is 108 cm³/mol. The molecule has 0 aliphatic rings. The molecule has 9 nitrogen and oxygen atoms in total. The molecule has 0 aliphatic carbocycles. The van der Waals surface area contributed by atoms with Gasteiger partial charge in [-0.3, -0.25) is 9.48 Å². The largest absolute Gasteiger partial charge is 0.339 e. The van der Waals surface area contributed by atoms with E-state index in [4.69, 9.17) is 4.52 Å². The van der Waals surface area contributed by atoms with Crippen LogP contribution in [0.2, 0.25) is 0 Å². The Labute approximate surface area is 165 Å². The van der Waals surface area contributed by atoms with Crippen molar-refractivity contribution >= 4 is 16.6 Å². The standard InChI is InChI=1S/C20H19N7O2/c1-4-14-18(20-22-11(3)25-29-20)19-23-15(9-17(28)27(19)24-14)12-6-7-16-13(8-12)10-21-26(16)5-2/h6-10,23H,4-5H2,1-3H3. The average Bonchev–Trinajstić information content (AvgIpc) is 3.43. The molecule has 0 spiro atoms. The fraction of sp³-hybridized carbons (Fsp3) is 0.250. The second-order valence-electron chi connectivity index (χ2n) is 6.84. The molecule has 5 rings (SSSR count). The lowest BCUT2D eigenvalue weighted by molar-refractivity contribution is 0.425. The number of benzene rings is 1. The topological polar surface area (TPSA) is 107 Å². The maximum absolute atomic E-state index is 12.8. The number of aryl methyl sites for hydroxylation is 3. The number of fused-ring (bicyclic) bond motifs is 2. The maximum atomic E-state index is 12.8. The van der Waals surface area contributed by atoms with Gasteiger partial charge in [0.2, 0.25) is 0 Å². The van der Waals surface area contributed by atoms with E-state index in [2.05, 4.69) is 32.2 Å². The van der Waals surface area contributed by atoms with Gasteiger partial charge in [0, 0.05) is 18.0 Å². The van der Waals surface area contributed by atoms with Gasteiger partial charge in [0.05, 0.1) is 23.1 Å². The summed E-state index contributed by atoms with van der Waals surface area (Å²) in [4.78, 5) is 20.5. The van der Waals surface area contributed by atoms with E-state index in [9.17, 15) is 4.79 Å². The van der Waals surface area contributed by atoms with Crippen LogP contribution in [0.1, 0.15) is 25.4 Å². The Morgan fingerprint density at radius 1 is 1.21 bits per heavy atom. The summed E-state index contributed by atoms with van der Waals surface area (Å²) in [5.41, 5.74) is 4.33. The quantitative estimate of drug-likeness (QED) is 0.506.